The summed E-state index contributed by atoms with van der Waals surface area (Å²) in [5, 5.41) is 0. The van der Waals surface area contributed by atoms with Crippen LogP contribution in [-0.4, -0.2) is 0 Å². The van der Waals surface area contributed by atoms with E-state index in [2.05, 4.69) is 114 Å². The van der Waals surface area contributed by atoms with E-state index in [1.807, 2.05) is 89.8 Å². The van der Waals surface area contributed by atoms with E-state index >= 15 is 0 Å². The standard InChI is InChI=1S/C48H36N2O/c1-5-14-37(15-6-1)39-24-28-43(29-25-39)50(44-30-26-40(27-31-44)38-16-7-2-8-17-38)46-22-13-23-48(36-46)51-47-34-32-45(33-35-47)49(41-18-9-3-10-19-41)42-20-11-4-12-21-42/h1-36H/i9T,11T. The first-order valence-electron chi connectivity index (χ1n) is 18.0. The zero-order valence-corrected chi connectivity index (χ0v) is 27.9. The lowest BCUT2D eigenvalue weighted by atomic mass is 10.0. The van der Waals surface area contributed by atoms with E-state index < -0.39 is 0 Å². The lowest BCUT2D eigenvalue weighted by Gasteiger charge is -2.26. The number of anilines is 6. The molecule has 0 heterocycles. The monoisotopic (exact) mass is 660 g/mol. The Balaban J connectivity index is 1.10. The van der Waals surface area contributed by atoms with Crippen molar-refractivity contribution in [3.8, 4) is 33.8 Å². The van der Waals surface area contributed by atoms with Crippen LogP contribution in [0.3, 0.4) is 0 Å². The third-order valence-corrected chi connectivity index (χ3v) is 8.77. The highest BCUT2D eigenvalue weighted by Gasteiger charge is 2.16. The van der Waals surface area contributed by atoms with Gasteiger partial charge in [0, 0.05) is 40.2 Å². The van der Waals surface area contributed by atoms with Gasteiger partial charge in [0.15, 0.2) is 0 Å². The van der Waals surface area contributed by atoms with Crippen LogP contribution < -0.4 is 14.5 Å². The fourth-order valence-electron chi connectivity index (χ4n) is 6.29. The number of hydrogen-bond donors (Lipinski definition) is 0. The molecule has 0 aliphatic carbocycles. The van der Waals surface area contributed by atoms with Gasteiger partial charge in [0.25, 0.3) is 0 Å². The van der Waals surface area contributed by atoms with E-state index in [1.165, 1.54) is 11.1 Å². The largest absolute Gasteiger partial charge is 0.457 e. The van der Waals surface area contributed by atoms with Gasteiger partial charge in [-0.3, -0.25) is 0 Å². The summed E-state index contributed by atoms with van der Waals surface area (Å²) >= 11 is 0. The minimum Gasteiger partial charge on any atom is -0.457 e. The minimum atomic E-state index is 0.419. The average Bonchev–Trinajstić information content (AvgIpc) is 3.20. The highest BCUT2D eigenvalue weighted by Crippen LogP contribution is 2.40. The third-order valence-electron chi connectivity index (χ3n) is 8.77. The van der Waals surface area contributed by atoms with Crippen LogP contribution in [0.15, 0.2) is 218 Å². The lowest BCUT2D eigenvalue weighted by Crippen LogP contribution is -2.10. The molecular weight excluding hydrogens is 621 g/mol. The molecule has 3 heteroatoms. The number of para-hydroxylation sites is 2. The number of nitrogens with zero attached hydrogens (tertiary/aromatic N) is 2. The number of ether oxygens (including phenoxy) is 1. The van der Waals surface area contributed by atoms with Gasteiger partial charge < -0.3 is 14.5 Å². The second kappa shape index (κ2) is 14.7. The fourth-order valence-corrected chi connectivity index (χ4v) is 6.29. The molecule has 0 bridgehead atoms. The topological polar surface area (TPSA) is 15.7 Å². The van der Waals surface area contributed by atoms with Gasteiger partial charge in [-0.25, -0.2) is 0 Å². The van der Waals surface area contributed by atoms with Crippen LogP contribution in [0.4, 0.5) is 34.1 Å². The van der Waals surface area contributed by atoms with Crippen LogP contribution in [0, 0.1) is 0 Å². The molecule has 0 saturated carbocycles. The van der Waals surface area contributed by atoms with Gasteiger partial charge in [0.2, 0.25) is 0 Å². The summed E-state index contributed by atoms with van der Waals surface area (Å²) in [5.41, 5.74) is 10.3. The highest BCUT2D eigenvalue weighted by atomic mass is 16.5. The average molecular weight is 661 g/mol. The SMILES string of the molecule is [3H]c1cccc(N(c2ccc(Oc3cccc(N(c4ccc(-c5ccccc5)cc4)c4ccc(-c5ccccc5)cc4)c3)cc2)c2cccc([3H])c2)c1. The van der Waals surface area contributed by atoms with Crippen molar-refractivity contribution in [2.75, 3.05) is 9.80 Å². The van der Waals surface area contributed by atoms with Crippen molar-refractivity contribution in [1.29, 1.82) is 0 Å². The normalized spacial score (nSPS) is 11.3. The van der Waals surface area contributed by atoms with Gasteiger partial charge >= 0.3 is 0 Å². The summed E-state index contributed by atoms with van der Waals surface area (Å²) in [4.78, 5) is 4.29. The molecule has 3 nitrogen and oxygen atoms in total. The predicted octanol–water partition coefficient (Wildman–Crippen LogP) is 13.8. The first-order valence-corrected chi connectivity index (χ1v) is 17.0. The number of benzene rings is 8. The maximum atomic E-state index is 8.22. The Morgan fingerprint density at radius 2 is 0.686 bits per heavy atom. The van der Waals surface area contributed by atoms with Crippen molar-refractivity contribution in [3.05, 3.63) is 218 Å². The van der Waals surface area contributed by atoms with Crippen molar-refractivity contribution in [2.24, 2.45) is 0 Å². The Morgan fingerprint density at radius 3 is 1.18 bits per heavy atom. The van der Waals surface area contributed by atoms with E-state index in [1.54, 1.807) is 12.1 Å². The molecule has 0 aliphatic heterocycles. The van der Waals surface area contributed by atoms with Crippen LogP contribution in [-0.2, 0) is 0 Å². The van der Waals surface area contributed by atoms with Crippen molar-refractivity contribution in [1.82, 2.24) is 0 Å². The first-order chi connectivity index (χ1) is 26.1. The summed E-state index contributed by atoms with van der Waals surface area (Å²) in [5.74, 6) is 1.41. The zero-order valence-electron chi connectivity index (χ0n) is 29.9. The second-order valence-electron chi connectivity index (χ2n) is 12.1. The molecule has 0 saturated heterocycles. The first kappa shape index (κ1) is 29.1. The quantitative estimate of drug-likeness (QED) is 0.145. The molecule has 0 aliphatic rings. The zero-order chi connectivity index (χ0) is 36.0. The Labute approximate surface area is 302 Å². The van der Waals surface area contributed by atoms with Gasteiger partial charge in [0.05, 0.1) is 2.74 Å². The fraction of sp³-hybridized carbons (Fsp3) is 0. The molecule has 0 N–H and O–H groups in total. The summed E-state index contributed by atoms with van der Waals surface area (Å²) in [6.07, 6.45) is 0. The molecule has 51 heavy (non-hydrogen) atoms. The third kappa shape index (κ3) is 7.15. The molecular formula is C48H36N2O. The molecule has 0 amide bonds. The van der Waals surface area contributed by atoms with Gasteiger partial charge in [-0.05, 0) is 107 Å². The Kier molecular flexibility index (Phi) is 8.41. The summed E-state index contributed by atoms with van der Waals surface area (Å²) < 4.78 is 22.9. The maximum absolute atomic E-state index is 8.22. The van der Waals surface area contributed by atoms with Crippen LogP contribution >= 0.6 is 0 Å². The van der Waals surface area contributed by atoms with Crippen LogP contribution in [0.1, 0.15) is 2.74 Å². The van der Waals surface area contributed by atoms with E-state index in [0.29, 0.717) is 23.6 Å². The molecule has 8 aromatic carbocycles. The van der Waals surface area contributed by atoms with Crippen molar-refractivity contribution >= 4 is 34.1 Å². The molecule has 0 fully saturated rings. The van der Waals surface area contributed by atoms with E-state index in [4.69, 9.17) is 7.48 Å². The molecule has 0 radical (unpaired) electrons. The molecule has 244 valence electrons. The highest BCUT2D eigenvalue weighted by molar-refractivity contribution is 5.81. The van der Waals surface area contributed by atoms with Gasteiger partial charge in [-0.1, -0.05) is 127 Å². The molecule has 0 spiro atoms. The van der Waals surface area contributed by atoms with Gasteiger partial charge in [-0.2, -0.15) is 0 Å². The molecule has 0 unspecified atom stereocenters. The lowest BCUT2D eigenvalue weighted by molar-refractivity contribution is 0.483. The summed E-state index contributed by atoms with van der Waals surface area (Å²) in [6, 6.07) is 69.9. The molecule has 0 atom stereocenters. The number of hydrogen-bond acceptors (Lipinski definition) is 3. The molecule has 0 aromatic heterocycles. The summed E-state index contributed by atoms with van der Waals surface area (Å²) in [6.45, 7) is 0. The number of rotatable bonds is 10. The van der Waals surface area contributed by atoms with Crippen molar-refractivity contribution in [2.45, 2.75) is 0 Å². The Hall–Kier alpha value is -6.84. The second-order valence-corrected chi connectivity index (χ2v) is 12.1. The van der Waals surface area contributed by atoms with E-state index in [-0.39, 0.29) is 0 Å². The van der Waals surface area contributed by atoms with Crippen LogP contribution in [0.25, 0.3) is 22.3 Å². The molecule has 8 rings (SSSR count). The van der Waals surface area contributed by atoms with E-state index in [9.17, 15) is 0 Å². The summed E-state index contributed by atoms with van der Waals surface area (Å²) in [7, 11) is 0. The van der Waals surface area contributed by atoms with E-state index in [0.717, 1.165) is 45.3 Å². The van der Waals surface area contributed by atoms with Gasteiger partial charge in [0.1, 0.15) is 11.5 Å². The minimum absolute atomic E-state index is 0.419. The van der Waals surface area contributed by atoms with Crippen LogP contribution in [0.2, 0.25) is 0 Å². The molecule has 8 aromatic rings. The van der Waals surface area contributed by atoms with Gasteiger partial charge in [-0.15, -0.1) is 0 Å². The van der Waals surface area contributed by atoms with Crippen molar-refractivity contribution < 1.29 is 7.48 Å². The van der Waals surface area contributed by atoms with Crippen LogP contribution in [0.5, 0.6) is 11.5 Å². The smallest absolute Gasteiger partial charge is 0.129 e. The Morgan fingerprint density at radius 1 is 0.294 bits per heavy atom. The van der Waals surface area contributed by atoms with Crippen molar-refractivity contribution in [3.63, 3.8) is 0 Å². The maximum Gasteiger partial charge on any atom is 0.129 e. The predicted molar refractivity (Wildman–Crippen MR) is 213 cm³/mol. The Bertz CT molecular complexity index is 2310.